The van der Waals surface area contributed by atoms with Gasteiger partial charge in [-0.05, 0) is 61.8 Å². The number of aromatic nitrogens is 1. The summed E-state index contributed by atoms with van der Waals surface area (Å²) >= 11 is 0. The lowest BCUT2D eigenvalue weighted by Crippen LogP contribution is -2.50. The zero-order chi connectivity index (χ0) is 26.5. The number of carbonyl (C=O) groups is 3. The number of benzene rings is 1. The summed E-state index contributed by atoms with van der Waals surface area (Å²) in [6, 6.07) is 11.6. The summed E-state index contributed by atoms with van der Waals surface area (Å²) < 4.78 is 0. The van der Waals surface area contributed by atoms with Gasteiger partial charge in [-0.25, -0.2) is 0 Å². The molecule has 8 nitrogen and oxygen atoms in total. The van der Waals surface area contributed by atoms with E-state index in [4.69, 9.17) is 0 Å². The monoisotopic (exact) mass is 497 g/mol. The Balaban J connectivity index is 1.65. The SMILES string of the molecule is Cc1ccccc1CCCCCCCC(=O)c1ccc(C(=O)NCC(=O)NC(CC(C)C)B(O)O)[nH]1. The Bertz CT molecular complexity index is 989. The van der Waals surface area contributed by atoms with E-state index in [0.717, 1.165) is 38.5 Å². The van der Waals surface area contributed by atoms with E-state index in [1.165, 1.54) is 17.2 Å². The second-order valence-electron chi connectivity index (χ2n) is 9.80. The molecule has 1 unspecified atom stereocenters. The first kappa shape index (κ1) is 29.3. The number of hydrogen-bond donors (Lipinski definition) is 5. The molecule has 196 valence electrons. The lowest BCUT2D eigenvalue weighted by atomic mass is 9.75. The van der Waals surface area contributed by atoms with Crippen LogP contribution in [0.3, 0.4) is 0 Å². The van der Waals surface area contributed by atoms with Gasteiger partial charge in [-0.3, -0.25) is 14.4 Å². The Kier molecular flexibility index (Phi) is 12.4. The number of nitrogens with one attached hydrogen (secondary N) is 3. The van der Waals surface area contributed by atoms with Gasteiger partial charge in [-0.15, -0.1) is 0 Å². The van der Waals surface area contributed by atoms with Crippen LogP contribution >= 0.6 is 0 Å². The Morgan fingerprint density at radius 1 is 0.944 bits per heavy atom. The molecule has 5 N–H and O–H groups in total. The minimum atomic E-state index is -1.68. The highest BCUT2D eigenvalue weighted by Gasteiger charge is 2.26. The average Bonchev–Trinajstić information content (AvgIpc) is 3.33. The molecule has 0 spiro atoms. The van der Waals surface area contributed by atoms with Crippen molar-refractivity contribution in [2.24, 2.45) is 5.92 Å². The van der Waals surface area contributed by atoms with Crippen LogP contribution in [-0.2, 0) is 11.2 Å². The summed E-state index contributed by atoms with van der Waals surface area (Å²) in [6.07, 6.45) is 7.06. The minimum absolute atomic E-state index is 0.0415. The molecule has 0 bridgehead atoms. The maximum Gasteiger partial charge on any atom is 0.475 e. The van der Waals surface area contributed by atoms with Crippen LogP contribution in [0.15, 0.2) is 36.4 Å². The Hall–Kier alpha value is -2.91. The molecule has 0 saturated heterocycles. The smallest absolute Gasteiger partial charge is 0.426 e. The van der Waals surface area contributed by atoms with Crippen LogP contribution in [0.25, 0.3) is 0 Å². The van der Waals surface area contributed by atoms with Crippen LogP contribution in [-0.4, -0.2) is 52.2 Å². The van der Waals surface area contributed by atoms with Gasteiger partial charge in [0.2, 0.25) is 5.91 Å². The number of amides is 2. The van der Waals surface area contributed by atoms with Crippen molar-refractivity contribution in [2.45, 2.75) is 78.1 Å². The molecule has 1 aromatic carbocycles. The summed E-state index contributed by atoms with van der Waals surface area (Å²) in [5.41, 5.74) is 3.31. The first-order valence-corrected chi connectivity index (χ1v) is 12.9. The van der Waals surface area contributed by atoms with Crippen molar-refractivity contribution in [2.75, 3.05) is 6.54 Å². The van der Waals surface area contributed by atoms with Crippen LogP contribution in [0.2, 0.25) is 0 Å². The van der Waals surface area contributed by atoms with Crippen LogP contribution in [0.5, 0.6) is 0 Å². The second-order valence-corrected chi connectivity index (χ2v) is 9.80. The minimum Gasteiger partial charge on any atom is -0.426 e. The van der Waals surface area contributed by atoms with Crippen LogP contribution < -0.4 is 10.6 Å². The molecule has 0 aliphatic heterocycles. The highest BCUT2D eigenvalue weighted by Crippen LogP contribution is 2.14. The Morgan fingerprint density at radius 2 is 1.61 bits per heavy atom. The zero-order valence-electron chi connectivity index (χ0n) is 21.7. The van der Waals surface area contributed by atoms with Gasteiger partial charge in [0.05, 0.1) is 18.2 Å². The molecule has 0 fully saturated rings. The third-order valence-corrected chi connectivity index (χ3v) is 6.18. The molecular weight excluding hydrogens is 457 g/mol. The molecular formula is C27H40BN3O5. The predicted molar refractivity (Wildman–Crippen MR) is 142 cm³/mol. The molecule has 1 aromatic heterocycles. The summed E-state index contributed by atoms with van der Waals surface area (Å²) in [5, 5.41) is 23.8. The van der Waals surface area contributed by atoms with E-state index in [2.05, 4.69) is 46.8 Å². The van der Waals surface area contributed by atoms with Crippen molar-refractivity contribution in [1.82, 2.24) is 15.6 Å². The summed E-state index contributed by atoms with van der Waals surface area (Å²) in [4.78, 5) is 39.7. The third-order valence-electron chi connectivity index (χ3n) is 6.18. The topological polar surface area (TPSA) is 132 Å². The molecule has 1 atom stereocenters. The number of Topliss-reactive ketones (excluding diaryl/α,β-unsaturated/α-hetero) is 1. The standard InChI is InChI=1S/C27H40BN3O5/c1-19(2)17-25(28(35)36)31-26(33)18-29-27(34)23-16-15-22(30-23)24(32)14-8-6-4-5-7-12-21-13-10-9-11-20(21)3/h9-11,13,15-16,19,25,30,35-36H,4-8,12,14,17-18H2,1-3H3,(H,29,34)(H,31,33). The number of H-pyrrole nitrogens is 1. The molecule has 0 aliphatic carbocycles. The van der Waals surface area contributed by atoms with Crippen molar-refractivity contribution in [3.63, 3.8) is 0 Å². The van der Waals surface area contributed by atoms with Crippen LogP contribution in [0.1, 0.15) is 90.9 Å². The molecule has 36 heavy (non-hydrogen) atoms. The Labute approximate surface area is 214 Å². The van der Waals surface area contributed by atoms with Crippen LogP contribution in [0.4, 0.5) is 0 Å². The van der Waals surface area contributed by atoms with E-state index in [1.807, 2.05) is 13.8 Å². The zero-order valence-corrected chi connectivity index (χ0v) is 21.7. The number of hydrogen-bond acceptors (Lipinski definition) is 5. The molecule has 1 heterocycles. The van der Waals surface area contributed by atoms with Gasteiger partial charge in [0.15, 0.2) is 5.78 Å². The lowest BCUT2D eigenvalue weighted by molar-refractivity contribution is -0.120. The molecule has 9 heteroatoms. The summed E-state index contributed by atoms with van der Waals surface area (Å²) in [6.45, 7) is 5.64. The van der Waals surface area contributed by atoms with E-state index < -0.39 is 24.9 Å². The van der Waals surface area contributed by atoms with Gasteiger partial charge in [0.1, 0.15) is 5.69 Å². The van der Waals surface area contributed by atoms with E-state index in [0.29, 0.717) is 18.5 Å². The van der Waals surface area contributed by atoms with Crippen molar-refractivity contribution >= 4 is 24.7 Å². The molecule has 0 radical (unpaired) electrons. The summed E-state index contributed by atoms with van der Waals surface area (Å²) in [5.74, 6) is -1.73. The largest absolute Gasteiger partial charge is 0.475 e. The normalized spacial score (nSPS) is 11.8. The van der Waals surface area contributed by atoms with Crippen molar-refractivity contribution in [1.29, 1.82) is 0 Å². The number of aryl methyl sites for hydroxylation is 2. The van der Waals surface area contributed by atoms with Crippen molar-refractivity contribution in [3.8, 4) is 0 Å². The molecule has 2 aromatic rings. The fraction of sp³-hybridized carbons (Fsp3) is 0.519. The number of carbonyl (C=O) groups excluding carboxylic acids is 3. The van der Waals surface area contributed by atoms with Gasteiger partial charge in [0, 0.05) is 6.42 Å². The third kappa shape index (κ3) is 10.4. The maximum atomic E-state index is 12.5. The first-order valence-electron chi connectivity index (χ1n) is 12.9. The van der Waals surface area contributed by atoms with E-state index >= 15 is 0 Å². The molecule has 0 saturated carbocycles. The Morgan fingerprint density at radius 3 is 2.31 bits per heavy atom. The second kappa shape index (κ2) is 15.3. The van der Waals surface area contributed by atoms with Crippen LogP contribution in [0, 0.1) is 12.8 Å². The summed E-state index contributed by atoms with van der Waals surface area (Å²) in [7, 11) is -1.68. The van der Waals surface area contributed by atoms with Gasteiger partial charge < -0.3 is 25.7 Å². The average molecular weight is 497 g/mol. The number of ketones is 1. The fourth-order valence-electron chi connectivity index (χ4n) is 4.12. The first-order chi connectivity index (χ1) is 17.2. The molecule has 2 amide bonds. The highest BCUT2D eigenvalue weighted by molar-refractivity contribution is 6.43. The van der Waals surface area contributed by atoms with Gasteiger partial charge in [0.25, 0.3) is 5.91 Å². The molecule has 0 aliphatic rings. The highest BCUT2D eigenvalue weighted by atomic mass is 16.4. The van der Waals surface area contributed by atoms with Crippen molar-refractivity contribution in [3.05, 3.63) is 58.9 Å². The quantitative estimate of drug-likeness (QED) is 0.138. The fourth-order valence-corrected chi connectivity index (χ4v) is 4.12. The maximum absolute atomic E-state index is 12.5. The number of rotatable bonds is 16. The van der Waals surface area contributed by atoms with Gasteiger partial charge in [-0.2, -0.15) is 0 Å². The lowest BCUT2D eigenvalue weighted by Gasteiger charge is -2.19. The van der Waals surface area contributed by atoms with Gasteiger partial charge >= 0.3 is 7.12 Å². The van der Waals surface area contributed by atoms with E-state index in [-0.39, 0.29) is 23.9 Å². The van der Waals surface area contributed by atoms with Crippen molar-refractivity contribution < 1.29 is 24.4 Å². The molecule has 2 rings (SSSR count). The number of unbranched alkanes of at least 4 members (excludes halogenated alkanes) is 4. The van der Waals surface area contributed by atoms with E-state index in [9.17, 15) is 24.4 Å². The van der Waals surface area contributed by atoms with Gasteiger partial charge in [-0.1, -0.05) is 57.4 Å². The predicted octanol–water partition coefficient (Wildman–Crippen LogP) is 3.36. The van der Waals surface area contributed by atoms with E-state index in [1.54, 1.807) is 6.07 Å². The number of aromatic amines is 1.